The fourth-order valence-electron chi connectivity index (χ4n) is 1.88. The summed E-state index contributed by atoms with van der Waals surface area (Å²) >= 11 is 0. The minimum Gasteiger partial charge on any atom is -0.370 e. The zero-order valence-electron chi connectivity index (χ0n) is 14.8. The van der Waals surface area contributed by atoms with Crippen LogP contribution in [0.3, 0.4) is 0 Å². The van der Waals surface area contributed by atoms with Gasteiger partial charge in [0.2, 0.25) is 0 Å². The topological polar surface area (TPSA) is 49.8 Å². The number of rotatable bonds is 7. The molecule has 0 radical (unpaired) electrons. The van der Waals surface area contributed by atoms with E-state index in [0.717, 1.165) is 48.8 Å². The summed E-state index contributed by atoms with van der Waals surface area (Å²) in [4.78, 5) is 9.39. The molecule has 4 nitrogen and oxygen atoms in total. The summed E-state index contributed by atoms with van der Waals surface area (Å²) in [7, 11) is 0. The van der Waals surface area contributed by atoms with Crippen molar-refractivity contribution in [1.82, 2.24) is 9.97 Å². The van der Waals surface area contributed by atoms with E-state index in [2.05, 4.69) is 64.1 Å². The molecule has 4 heteroatoms. The van der Waals surface area contributed by atoms with Crippen LogP contribution in [0.1, 0.15) is 65.8 Å². The van der Waals surface area contributed by atoms with Crippen LogP contribution in [0.2, 0.25) is 0 Å². The number of nitrogens with zero attached hydrogens (tertiary/aromatic N) is 2. The third-order valence-corrected chi connectivity index (χ3v) is 3.86. The predicted molar refractivity (Wildman–Crippen MR) is 92.1 cm³/mol. The molecule has 1 aromatic rings. The molecule has 1 atom stereocenters. The smallest absolute Gasteiger partial charge is 0.135 e. The molecular formula is C17H32N4. The maximum atomic E-state index is 4.72. The van der Waals surface area contributed by atoms with Gasteiger partial charge in [0.15, 0.2) is 0 Å². The maximum absolute atomic E-state index is 4.72. The number of aromatic nitrogens is 2. The molecule has 2 N–H and O–H groups in total. The zero-order valence-corrected chi connectivity index (χ0v) is 14.8. The van der Waals surface area contributed by atoms with Gasteiger partial charge in [-0.1, -0.05) is 34.6 Å². The Bertz CT molecular complexity index is 449. The van der Waals surface area contributed by atoms with Crippen molar-refractivity contribution < 1.29 is 0 Å². The average Bonchev–Trinajstić information content (AvgIpc) is 2.39. The van der Waals surface area contributed by atoms with Gasteiger partial charge < -0.3 is 10.6 Å². The maximum Gasteiger partial charge on any atom is 0.135 e. The molecule has 0 spiro atoms. The van der Waals surface area contributed by atoms with Gasteiger partial charge in [-0.15, -0.1) is 0 Å². The zero-order chi connectivity index (χ0) is 16.0. The second-order valence-electron chi connectivity index (χ2n) is 6.87. The van der Waals surface area contributed by atoms with Gasteiger partial charge in [0.25, 0.3) is 0 Å². The number of nitrogens with one attached hydrogen (secondary N) is 2. The summed E-state index contributed by atoms with van der Waals surface area (Å²) < 4.78 is 0. The standard InChI is InChI=1S/C17H32N4/c1-8-10-14-20-15(18-11-9-2)12(3)16(21-14)19-13(4)17(5,6)7/h13H,8-11H2,1-7H3,(H2,18,19,20,21). The summed E-state index contributed by atoms with van der Waals surface area (Å²) in [5.74, 6) is 2.86. The van der Waals surface area contributed by atoms with Crippen molar-refractivity contribution in [2.45, 2.75) is 73.8 Å². The van der Waals surface area contributed by atoms with E-state index in [9.17, 15) is 0 Å². The fraction of sp³-hybridized carbons (Fsp3) is 0.765. The van der Waals surface area contributed by atoms with Crippen LogP contribution in [0.15, 0.2) is 0 Å². The van der Waals surface area contributed by atoms with E-state index in [4.69, 9.17) is 4.98 Å². The summed E-state index contributed by atoms with van der Waals surface area (Å²) in [6.07, 6.45) is 3.07. The lowest BCUT2D eigenvalue weighted by Crippen LogP contribution is -2.31. The lowest BCUT2D eigenvalue weighted by Gasteiger charge is -2.29. The molecule has 120 valence electrons. The van der Waals surface area contributed by atoms with Crippen molar-refractivity contribution in [3.05, 3.63) is 11.4 Å². The van der Waals surface area contributed by atoms with Gasteiger partial charge in [-0.2, -0.15) is 0 Å². The van der Waals surface area contributed by atoms with Crippen molar-refractivity contribution in [2.75, 3.05) is 17.2 Å². The summed E-state index contributed by atoms with van der Waals surface area (Å²) in [5.41, 5.74) is 1.30. The Kier molecular flexibility index (Phi) is 6.43. The predicted octanol–water partition coefficient (Wildman–Crippen LogP) is 4.41. The summed E-state index contributed by atoms with van der Waals surface area (Å²) in [5, 5.41) is 7.00. The van der Waals surface area contributed by atoms with Crippen LogP contribution in [0.25, 0.3) is 0 Å². The van der Waals surface area contributed by atoms with Gasteiger partial charge in [-0.25, -0.2) is 9.97 Å². The van der Waals surface area contributed by atoms with Crippen LogP contribution < -0.4 is 10.6 Å². The largest absolute Gasteiger partial charge is 0.370 e. The van der Waals surface area contributed by atoms with Gasteiger partial charge >= 0.3 is 0 Å². The Morgan fingerprint density at radius 2 is 1.67 bits per heavy atom. The Morgan fingerprint density at radius 1 is 1.05 bits per heavy atom. The Labute approximate surface area is 130 Å². The minimum absolute atomic E-state index is 0.194. The SMILES string of the molecule is CCCNc1nc(CCC)nc(NC(C)C(C)(C)C)c1C. The lowest BCUT2D eigenvalue weighted by atomic mass is 9.88. The van der Waals surface area contributed by atoms with Crippen LogP contribution in [0, 0.1) is 12.3 Å². The first-order chi connectivity index (χ1) is 9.79. The van der Waals surface area contributed by atoms with E-state index >= 15 is 0 Å². The Morgan fingerprint density at radius 3 is 2.19 bits per heavy atom. The second kappa shape index (κ2) is 7.62. The molecule has 1 heterocycles. The van der Waals surface area contributed by atoms with Crippen LogP contribution in [0.4, 0.5) is 11.6 Å². The molecule has 0 aliphatic carbocycles. The van der Waals surface area contributed by atoms with Crippen molar-refractivity contribution in [1.29, 1.82) is 0 Å². The highest BCUT2D eigenvalue weighted by molar-refractivity contribution is 5.57. The third kappa shape index (κ3) is 5.18. The van der Waals surface area contributed by atoms with Crippen molar-refractivity contribution >= 4 is 11.6 Å². The van der Waals surface area contributed by atoms with E-state index in [0.29, 0.717) is 6.04 Å². The summed E-state index contributed by atoms with van der Waals surface area (Å²) in [6.45, 7) is 16.3. The lowest BCUT2D eigenvalue weighted by molar-refractivity contribution is 0.358. The Balaban J connectivity index is 3.07. The van der Waals surface area contributed by atoms with Crippen molar-refractivity contribution in [2.24, 2.45) is 5.41 Å². The van der Waals surface area contributed by atoms with E-state index in [-0.39, 0.29) is 5.41 Å². The van der Waals surface area contributed by atoms with Gasteiger partial charge in [0.05, 0.1) is 0 Å². The molecule has 0 amide bonds. The van der Waals surface area contributed by atoms with E-state index in [1.807, 2.05) is 0 Å². The van der Waals surface area contributed by atoms with E-state index in [1.54, 1.807) is 0 Å². The minimum atomic E-state index is 0.194. The summed E-state index contributed by atoms with van der Waals surface area (Å²) in [6, 6.07) is 0.347. The Hall–Kier alpha value is -1.32. The third-order valence-electron chi connectivity index (χ3n) is 3.86. The molecule has 1 unspecified atom stereocenters. The quantitative estimate of drug-likeness (QED) is 0.781. The fourth-order valence-corrected chi connectivity index (χ4v) is 1.88. The normalized spacial score (nSPS) is 13.1. The second-order valence-corrected chi connectivity index (χ2v) is 6.87. The highest BCUT2D eigenvalue weighted by Crippen LogP contribution is 2.26. The van der Waals surface area contributed by atoms with Crippen molar-refractivity contribution in [3.63, 3.8) is 0 Å². The number of hydrogen-bond acceptors (Lipinski definition) is 4. The van der Waals surface area contributed by atoms with Crippen LogP contribution in [-0.2, 0) is 6.42 Å². The van der Waals surface area contributed by atoms with E-state index in [1.165, 1.54) is 0 Å². The molecular weight excluding hydrogens is 260 g/mol. The number of anilines is 2. The number of hydrogen-bond donors (Lipinski definition) is 2. The van der Waals surface area contributed by atoms with E-state index < -0.39 is 0 Å². The molecule has 0 bridgehead atoms. The van der Waals surface area contributed by atoms with Crippen LogP contribution >= 0.6 is 0 Å². The first kappa shape index (κ1) is 17.7. The first-order valence-electron chi connectivity index (χ1n) is 8.17. The molecule has 0 aliphatic heterocycles. The van der Waals surface area contributed by atoms with Crippen molar-refractivity contribution in [3.8, 4) is 0 Å². The highest BCUT2D eigenvalue weighted by Gasteiger charge is 2.21. The monoisotopic (exact) mass is 292 g/mol. The molecule has 21 heavy (non-hydrogen) atoms. The molecule has 0 saturated carbocycles. The average molecular weight is 292 g/mol. The molecule has 1 aromatic heterocycles. The van der Waals surface area contributed by atoms with Gasteiger partial charge in [0, 0.05) is 24.6 Å². The van der Waals surface area contributed by atoms with Gasteiger partial charge in [-0.3, -0.25) is 0 Å². The van der Waals surface area contributed by atoms with Gasteiger partial charge in [-0.05, 0) is 32.1 Å². The van der Waals surface area contributed by atoms with Gasteiger partial charge in [0.1, 0.15) is 17.5 Å². The number of aryl methyl sites for hydroxylation is 1. The molecule has 0 fully saturated rings. The molecule has 0 aromatic carbocycles. The molecule has 0 aliphatic rings. The van der Waals surface area contributed by atoms with Crippen LogP contribution in [-0.4, -0.2) is 22.6 Å². The molecule has 0 saturated heterocycles. The first-order valence-corrected chi connectivity index (χ1v) is 8.17. The highest BCUT2D eigenvalue weighted by atomic mass is 15.1. The van der Waals surface area contributed by atoms with Crippen LogP contribution in [0.5, 0.6) is 0 Å². The molecule has 1 rings (SSSR count).